The molecule has 0 aromatic heterocycles. The molecule has 0 aliphatic heterocycles. The summed E-state index contributed by atoms with van der Waals surface area (Å²) in [5.41, 5.74) is 2.04. The molecule has 2 rings (SSSR count). The molecule has 1 unspecified atom stereocenters. The fraction of sp³-hybridized carbons (Fsp3) is 0.350. The molecular formula is C20H25NO3. The van der Waals surface area contributed by atoms with E-state index in [0.29, 0.717) is 13.0 Å². The number of hydrogen-bond donors (Lipinski definition) is 1. The van der Waals surface area contributed by atoms with Crippen LogP contribution in [0.4, 0.5) is 0 Å². The topological polar surface area (TPSA) is 47.6 Å². The minimum absolute atomic E-state index is 0.0483. The number of amides is 1. The van der Waals surface area contributed by atoms with Gasteiger partial charge in [0.2, 0.25) is 5.91 Å². The Bertz CT molecular complexity index is 635. The average molecular weight is 327 g/mol. The summed E-state index contributed by atoms with van der Waals surface area (Å²) >= 11 is 0. The highest BCUT2D eigenvalue weighted by Gasteiger charge is 2.17. The zero-order chi connectivity index (χ0) is 17.4. The van der Waals surface area contributed by atoms with E-state index in [-0.39, 0.29) is 11.9 Å². The fourth-order valence-electron chi connectivity index (χ4n) is 2.54. The summed E-state index contributed by atoms with van der Waals surface area (Å²) in [4.78, 5) is 12.1. The van der Waals surface area contributed by atoms with Crippen LogP contribution in [0.15, 0.2) is 48.5 Å². The van der Waals surface area contributed by atoms with Crippen LogP contribution in [0.2, 0.25) is 0 Å². The molecule has 0 bridgehead atoms. The van der Waals surface area contributed by atoms with Gasteiger partial charge in [0.25, 0.3) is 0 Å². The molecule has 4 heteroatoms. The first kappa shape index (κ1) is 17.9. The molecule has 0 saturated heterocycles. The van der Waals surface area contributed by atoms with Gasteiger partial charge in [0.1, 0.15) is 11.5 Å². The normalized spacial score (nSPS) is 11.6. The zero-order valence-corrected chi connectivity index (χ0v) is 14.5. The molecule has 0 aliphatic carbocycles. The number of carbonyl (C=O) groups excluding carboxylic acids is 1. The first-order valence-corrected chi connectivity index (χ1v) is 8.34. The maximum atomic E-state index is 12.1. The van der Waals surface area contributed by atoms with E-state index in [4.69, 9.17) is 9.47 Å². The molecule has 0 heterocycles. The Balaban J connectivity index is 2.28. The number of hydrogen-bond acceptors (Lipinski definition) is 3. The van der Waals surface area contributed by atoms with Gasteiger partial charge in [-0.3, -0.25) is 4.79 Å². The summed E-state index contributed by atoms with van der Waals surface area (Å²) in [7, 11) is 1.64. The molecule has 0 aliphatic rings. The van der Waals surface area contributed by atoms with E-state index in [0.717, 1.165) is 29.0 Å². The van der Waals surface area contributed by atoms with E-state index in [1.165, 1.54) is 0 Å². The number of carbonyl (C=O) groups is 1. The van der Waals surface area contributed by atoms with Gasteiger partial charge in [0, 0.05) is 6.42 Å². The predicted molar refractivity (Wildman–Crippen MR) is 95.5 cm³/mol. The van der Waals surface area contributed by atoms with Gasteiger partial charge in [-0.25, -0.2) is 0 Å². The minimum atomic E-state index is -0.189. The van der Waals surface area contributed by atoms with Gasteiger partial charge in [-0.2, -0.15) is 0 Å². The molecule has 4 nitrogen and oxygen atoms in total. The largest absolute Gasteiger partial charge is 0.497 e. The summed E-state index contributed by atoms with van der Waals surface area (Å²) in [6.07, 6.45) is 1.34. The van der Waals surface area contributed by atoms with E-state index >= 15 is 0 Å². The van der Waals surface area contributed by atoms with Gasteiger partial charge >= 0.3 is 0 Å². The van der Waals surface area contributed by atoms with Crippen molar-refractivity contribution in [1.82, 2.24) is 5.32 Å². The van der Waals surface area contributed by atoms with Crippen molar-refractivity contribution in [2.75, 3.05) is 13.7 Å². The lowest BCUT2D eigenvalue weighted by Crippen LogP contribution is -2.28. The number of rotatable bonds is 8. The Hall–Kier alpha value is -2.49. The lowest BCUT2D eigenvalue weighted by atomic mass is 9.98. The van der Waals surface area contributed by atoms with Crippen LogP contribution in [0.1, 0.15) is 43.9 Å². The maximum absolute atomic E-state index is 12.1. The van der Waals surface area contributed by atoms with Crippen LogP contribution in [-0.4, -0.2) is 19.6 Å². The standard InChI is InChI=1S/C20H25NO3/c1-4-6-19(22)21-20(15-7-11-17(23-3)12-8-15)16-9-13-18(14-10-16)24-5-2/h7-14,20H,4-6H2,1-3H3,(H,21,22). The molecule has 24 heavy (non-hydrogen) atoms. The molecule has 1 amide bonds. The summed E-state index contributed by atoms with van der Waals surface area (Å²) in [5.74, 6) is 1.67. The van der Waals surface area contributed by atoms with Crippen LogP contribution in [-0.2, 0) is 4.79 Å². The Labute approximate surface area is 143 Å². The van der Waals surface area contributed by atoms with Crippen LogP contribution in [0.25, 0.3) is 0 Å². The third kappa shape index (κ3) is 4.75. The van der Waals surface area contributed by atoms with Crippen LogP contribution in [0.5, 0.6) is 11.5 Å². The molecule has 0 fully saturated rings. The van der Waals surface area contributed by atoms with Crippen molar-refractivity contribution >= 4 is 5.91 Å². The van der Waals surface area contributed by atoms with Crippen molar-refractivity contribution in [3.8, 4) is 11.5 Å². The second kappa shape index (κ2) is 8.96. The molecule has 0 radical (unpaired) electrons. The highest BCUT2D eigenvalue weighted by molar-refractivity contribution is 5.77. The Morgan fingerprint density at radius 3 is 1.96 bits per heavy atom. The summed E-state index contributed by atoms with van der Waals surface area (Å²) < 4.78 is 10.7. The Morgan fingerprint density at radius 2 is 1.50 bits per heavy atom. The van der Waals surface area contributed by atoms with Gasteiger partial charge in [-0.15, -0.1) is 0 Å². The first-order valence-electron chi connectivity index (χ1n) is 8.34. The van der Waals surface area contributed by atoms with Gasteiger partial charge in [-0.1, -0.05) is 31.2 Å². The van der Waals surface area contributed by atoms with Gasteiger partial charge < -0.3 is 14.8 Å². The molecule has 128 valence electrons. The van der Waals surface area contributed by atoms with Crippen molar-refractivity contribution in [3.05, 3.63) is 59.7 Å². The van der Waals surface area contributed by atoms with Crippen molar-refractivity contribution in [2.45, 2.75) is 32.7 Å². The zero-order valence-electron chi connectivity index (χ0n) is 14.5. The number of nitrogens with one attached hydrogen (secondary N) is 1. The van der Waals surface area contributed by atoms with Gasteiger partial charge in [-0.05, 0) is 48.7 Å². The number of methoxy groups -OCH3 is 1. The SMILES string of the molecule is CCCC(=O)NC(c1ccc(OC)cc1)c1ccc(OCC)cc1. The molecular weight excluding hydrogens is 302 g/mol. The third-order valence-electron chi connectivity index (χ3n) is 3.76. The second-order valence-corrected chi connectivity index (χ2v) is 5.53. The van der Waals surface area contributed by atoms with Crippen LogP contribution in [0.3, 0.4) is 0 Å². The monoisotopic (exact) mass is 327 g/mol. The molecule has 1 atom stereocenters. The van der Waals surface area contributed by atoms with Gasteiger partial charge in [0.15, 0.2) is 0 Å². The van der Waals surface area contributed by atoms with E-state index in [9.17, 15) is 4.79 Å². The van der Waals surface area contributed by atoms with Crippen molar-refractivity contribution < 1.29 is 14.3 Å². The van der Waals surface area contributed by atoms with Gasteiger partial charge in [0.05, 0.1) is 19.8 Å². The smallest absolute Gasteiger partial charge is 0.220 e. The number of ether oxygens (including phenoxy) is 2. The molecule has 0 saturated carbocycles. The third-order valence-corrected chi connectivity index (χ3v) is 3.76. The molecule has 1 N–H and O–H groups in total. The Morgan fingerprint density at radius 1 is 0.958 bits per heavy atom. The molecule has 2 aromatic carbocycles. The van der Waals surface area contributed by atoms with Crippen LogP contribution < -0.4 is 14.8 Å². The fourth-order valence-corrected chi connectivity index (χ4v) is 2.54. The van der Waals surface area contributed by atoms with E-state index in [1.807, 2.05) is 62.4 Å². The molecule has 2 aromatic rings. The Kier molecular flexibility index (Phi) is 6.67. The number of benzene rings is 2. The van der Waals surface area contributed by atoms with E-state index < -0.39 is 0 Å². The first-order chi connectivity index (χ1) is 11.7. The van der Waals surface area contributed by atoms with E-state index in [2.05, 4.69) is 5.32 Å². The summed E-state index contributed by atoms with van der Waals surface area (Å²) in [6, 6.07) is 15.4. The molecule has 0 spiro atoms. The van der Waals surface area contributed by atoms with Crippen LogP contribution in [0, 0.1) is 0 Å². The van der Waals surface area contributed by atoms with Crippen molar-refractivity contribution in [3.63, 3.8) is 0 Å². The lowest BCUT2D eigenvalue weighted by molar-refractivity contribution is -0.121. The predicted octanol–water partition coefficient (Wildman–Crippen LogP) is 4.10. The van der Waals surface area contributed by atoms with Crippen LogP contribution >= 0.6 is 0 Å². The van der Waals surface area contributed by atoms with E-state index in [1.54, 1.807) is 7.11 Å². The highest BCUT2D eigenvalue weighted by Crippen LogP contribution is 2.26. The maximum Gasteiger partial charge on any atom is 0.220 e. The highest BCUT2D eigenvalue weighted by atomic mass is 16.5. The average Bonchev–Trinajstić information content (AvgIpc) is 2.61. The minimum Gasteiger partial charge on any atom is -0.497 e. The summed E-state index contributed by atoms with van der Waals surface area (Å²) in [5, 5.41) is 3.12. The van der Waals surface area contributed by atoms with Crippen molar-refractivity contribution in [2.24, 2.45) is 0 Å². The quantitative estimate of drug-likeness (QED) is 0.794. The van der Waals surface area contributed by atoms with Crippen molar-refractivity contribution in [1.29, 1.82) is 0 Å². The summed E-state index contributed by atoms with van der Waals surface area (Å²) in [6.45, 7) is 4.59. The second-order valence-electron chi connectivity index (χ2n) is 5.53. The lowest BCUT2D eigenvalue weighted by Gasteiger charge is -2.20.